The van der Waals surface area contributed by atoms with Crippen molar-refractivity contribution < 1.29 is 28.7 Å². The van der Waals surface area contributed by atoms with Gasteiger partial charge in [0.15, 0.2) is 0 Å². The van der Waals surface area contributed by atoms with E-state index < -0.39 is 34.7 Å². The minimum absolute atomic E-state index is 0.0351. The molecule has 128 valence electrons. The van der Waals surface area contributed by atoms with E-state index in [-0.39, 0.29) is 31.6 Å². The van der Waals surface area contributed by atoms with Crippen molar-refractivity contribution in [3.8, 4) is 0 Å². The first-order valence-electron chi connectivity index (χ1n) is 8.06. The summed E-state index contributed by atoms with van der Waals surface area (Å²) in [4.78, 5) is 46.4. The number of rotatable bonds is 2. The van der Waals surface area contributed by atoms with Crippen molar-refractivity contribution in [1.29, 1.82) is 0 Å². The van der Waals surface area contributed by atoms with E-state index >= 15 is 0 Å². The molecule has 6 heteroatoms. The van der Waals surface area contributed by atoms with Crippen molar-refractivity contribution >= 4 is 23.9 Å². The Morgan fingerprint density at radius 1 is 0.875 bits per heavy atom. The van der Waals surface area contributed by atoms with Gasteiger partial charge in [-0.25, -0.2) is 0 Å². The summed E-state index contributed by atoms with van der Waals surface area (Å²) in [6, 6.07) is 0. The van der Waals surface area contributed by atoms with Crippen molar-refractivity contribution in [2.45, 2.75) is 46.0 Å². The molecule has 1 aliphatic carbocycles. The van der Waals surface area contributed by atoms with Gasteiger partial charge in [0.05, 0.1) is 25.7 Å². The number of esters is 4. The van der Waals surface area contributed by atoms with E-state index in [1.165, 1.54) is 0 Å². The molecule has 0 amide bonds. The number of allylic oxidation sites excluding steroid dienone is 4. The maximum atomic E-state index is 11.6. The van der Waals surface area contributed by atoms with Gasteiger partial charge in [0.2, 0.25) is 0 Å². The Balaban J connectivity index is 1.76. The summed E-state index contributed by atoms with van der Waals surface area (Å²) in [7, 11) is 0. The molecule has 0 radical (unpaired) electrons. The molecule has 2 saturated heterocycles. The van der Waals surface area contributed by atoms with Gasteiger partial charge >= 0.3 is 23.9 Å². The van der Waals surface area contributed by atoms with E-state index in [4.69, 9.17) is 0 Å². The van der Waals surface area contributed by atoms with E-state index in [9.17, 15) is 19.2 Å². The Hall–Kier alpha value is -2.24. The predicted octanol–water partition coefficient (Wildman–Crippen LogP) is 2.23. The summed E-state index contributed by atoms with van der Waals surface area (Å²) in [6.07, 6.45) is 7.31. The van der Waals surface area contributed by atoms with Gasteiger partial charge in [-0.2, -0.15) is 0 Å². The van der Waals surface area contributed by atoms with Gasteiger partial charge < -0.3 is 9.47 Å². The molecule has 0 bridgehead atoms. The summed E-state index contributed by atoms with van der Waals surface area (Å²) < 4.78 is 9.23. The molecule has 24 heavy (non-hydrogen) atoms. The molecular formula is C18H20O6. The molecule has 2 aliphatic heterocycles. The van der Waals surface area contributed by atoms with Gasteiger partial charge in [0.25, 0.3) is 0 Å². The summed E-state index contributed by atoms with van der Waals surface area (Å²) in [5.41, 5.74) is -0.0967. The molecule has 0 saturated carbocycles. The highest BCUT2D eigenvalue weighted by Crippen LogP contribution is 2.46. The molecule has 0 spiro atoms. The quantitative estimate of drug-likeness (QED) is 0.569. The fraction of sp³-hybridized carbons (Fsp3) is 0.556. The summed E-state index contributed by atoms with van der Waals surface area (Å²) >= 11 is 0. The van der Waals surface area contributed by atoms with Crippen molar-refractivity contribution in [3.63, 3.8) is 0 Å². The van der Waals surface area contributed by atoms with Gasteiger partial charge in [0.1, 0.15) is 0 Å². The maximum Gasteiger partial charge on any atom is 0.314 e. The zero-order chi connectivity index (χ0) is 17.5. The van der Waals surface area contributed by atoms with Crippen LogP contribution in [0.1, 0.15) is 46.0 Å². The zero-order valence-corrected chi connectivity index (χ0v) is 13.8. The number of carbonyl (C=O) groups is 4. The first kappa shape index (κ1) is 16.6. The van der Waals surface area contributed by atoms with E-state index in [2.05, 4.69) is 9.47 Å². The molecular weight excluding hydrogens is 312 g/mol. The van der Waals surface area contributed by atoms with Crippen LogP contribution < -0.4 is 0 Å². The molecule has 0 aromatic rings. The standard InChI is InChI=1S/C18H20O6/c1-17(7-13(19)23-14(20)8-17)11-3-5-12(6-4-11)18(2)9-15(21)24-16(22)10-18/h3-5,12H,6-10H2,1-2H3. The number of cyclic esters (lactones) is 4. The molecule has 2 heterocycles. The van der Waals surface area contributed by atoms with Gasteiger partial charge in [-0.3, -0.25) is 19.2 Å². The second-order valence-electron chi connectivity index (χ2n) is 7.47. The number of hydrogen-bond donors (Lipinski definition) is 0. The van der Waals surface area contributed by atoms with Crippen molar-refractivity contribution in [3.05, 3.63) is 23.8 Å². The third-order valence-corrected chi connectivity index (χ3v) is 5.31. The topological polar surface area (TPSA) is 86.7 Å². The lowest BCUT2D eigenvalue weighted by Crippen LogP contribution is -2.39. The van der Waals surface area contributed by atoms with E-state index in [1.54, 1.807) is 0 Å². The molecule has 2 fully saturated rings. The van der Waals surface area contributed by atoms with Gasteiger partial charge in [-0.05, 0) is 23.3 Å². The minimum atomic E-state index is -0.559. The predicted molar refractivity (Wildman–Crippen MR) is 82.2 cm³/mol. The highest BCUT2D eigenvalue weighted by molar-refractivity contribution is 5.90. The molecule has 1 unspecified atom stereocenters. The van der Waals surface area contributed by atoms with Crippen LogP contribution in [0.5, 0.6) is 0 Å². The van der Waals surface area contributed by atoms with Gasteiger partial charge in [-0.15, -0.1) is 0 Å². The molecule has 0 aromatic carbocycles. The average Bonchev–Trinajstić information content (AvgIpc) is 2.44. The molecule has 0 N–H and O–H groups in total. The normalized spacial score (nSPS) is 28.9. The third kappa shape index (κ3) is 3.05. The van der Waals surface area contributed by atoms with Crippen LogP contribution in [0.25, 0.3) is 0 Å². The Bertz CT molecular complexity index is 652. The fourth-order valence-electron chi connectivity index (χ4n) is 3.87. The number of hydrogen-bond acceptors (Lipinski definition) is 6. The SMILES string of the molecule is CC1(C2=CCC(C3(C)CC(=O)OC(=O)C3)C=C2)CC(=O)OC(=O)C1. The van der Waals surface area contributed by atoms with Crippen LogP contribution in [-0.4, -0.2) is 23.9 Å². The first-order valence-corrected chi connectivity index (χ1v) is 8.06. The minimum Gasteiger partial charge on any atom is -0.393 e. The van der Waals surface area contributed by atoms with Crippen molar-refractivity contribution in [2.24, 2.45) is 16.7 Å². The Kier molecular flexibility index (Phi) is 3.94. The van der Waals surface area contributed by atoms with E-state index in [0.29, 0.717) is 6.42 Å². The van der Waals surface area contributed by atoms with Crippen LogP contribution in [0.2, 0.25) is 0 Å². The highest BCUT2D eigenvalue weighted by Gasteiger charge is 2.44. The lowest BCUT2D eigenvalue weighted by atomic mass is 9.66. The summed E-state index contributed by atoms with van der Waals surface area (Å²) in [5.74, 6) is -1.93. The van der Waals surface area contributed by atoms with Crippen LogP contribution in [0, 0.1) is 16.7 Å². The molecule has 6 nitrogen and oxygen atoms in total. The Morgan fingerprint density at radius 2 is 1.38 bits per heavy atom. The summed E-state index contributed by atoms with van der Waals surface area (Å²) in [6.45, 7) is 3.80. The lowest BCUT2D eigenvalue weighted by molar-refractivity contribution is -0.171. The van der Waals surface area contributed by atoms with Gasteiger partial charge in [0, 0.05) is 5.41 Å². The van der Waals surface area contributed by atoms with Crippen LogP contribution in [0.3, 0.4) is 0 Å². The summed E-state index contributed by atoms with van der Waals surface area (Å²) in [5, 5.41) is 0. The van der Waals surface area contributed by atoms with Crippen LogP contribution in [0.4, 0.5) is 0 Å². The first-order chi connectivity index (χ1) is 11.2. The largest absolute Gasteiger partial charge is 0.393 e. The van der Waals surface area contributed by atoms with E-state index in [0.717, 1.165) is 5.57 Å². The molecule has 3 aliphatic rings. The Morgan fingerprint density at radius 3 is 1.83 bits per heavy atom. The average molecular weight is 332 g/mol. The van der Waals surface area contributed by atoms with Crippen LogP contribution in [0.15, 0.2) is 23.8 Å². The van der Waals surface area contributed by atoms with E-state index in [1.807, 2.05) is 32.1 Å². The second-order valence-corrected chi connectivity index (χ2v) is 7.47. The zero-order valence-electron chi connectivity index (χ0n) is 13.8. The molecule has 0 aromatic heterocycles. The fourth-order valence-corrected chi connectivity index (χ4v) is 3.87. The van der Waals surface area contributed by atoms with Gasteiger partial charge in [-0.1, -0.05) is 32.1 Å². The Labute approximate surface area is 139 Å². The maximum absolute atomic E-state index is 11.6. The smallest absolute Gasteiger partial charge is 0.314 e. The van der Waals surface area contributed by atoms with Crippen molar-refractivity contribution in [1.82, 2.24) is 0 Å². The number of carbonyl (C=O) groups excluding carboxylic acids is 4. The van der Waals surface area contributed by atoms with Crippen LogP contribution >= 0.6 is 0 Å². The lowest BCUT2D eigenvalue weighted by Gasteiger charge is -2.40. The highest BCUT2D eigenvalue weighted by atomic mass is 16.6. The van der Waals surface area contributed by atoms with Crippen LogP contribution in [-0.2, 0) is 28.7 Å². The monoisotopic (exact) mass is 332 g/mol. The van der Waals surface area contributed by atoms with Crippen molar-refractivity contribution in [2.75, 3.05) is 0 Å². The third-order valence-electron chi connectivity index (χ3n) is 5.31. The molecule has 3 rings (SSSR count). The second kappa shape index (κ2) is 5.69. The number of ether oxygens (including phenoxy) is 2. The molecule has 1 atom stereocenters.